The molecule has 0 aliphatic heterocycles. The Hall–Kier alpha value is 0.190. The van der Waals surface area contributed by atoms with Gasteiger partial charge < -0.3 is 17.2 Å². The van der Waals surface area contributed by atoms with Gasteiger partial charge in [0.1, 0.15) is 0 Å². The van der Waals surface area contributed by atoms with E-state index >= 15 is 0 Å². The van der Waals surface area contributed by atoms with Crippen molar-refractivity contribution in [1.82, 2.24) is 0 Å². The van der Waals surface area contributed by atoms with Crippen molar-refractivity contribution >= 4 is 14.7 Å². The molecule has 7 heteroatoms. The van der Waals surface area contributed by atoms with E-state index in [0.29, 0.717) is 0 Å². The molecular weight excluding hydrogens is 404 g/mol. The minimum Gasteiger partial charge on any atom is -0.675 e. The van der Waals surface area contributed by atoms with Crippen LogP contribution >= 0.6 is 0 Å². The van der Waals surface area contributed by atoms with Gasteiger partial charge >= 0.3 is 35.7 Å². The van der Waals surface area contributed by atoms with Gasteiger partial charge in [-0.25, -0.2) is 12.1 Å². The van der Waals surface area contributed by atoms with Crippen molar-refractivity contribution in [3.63, 3.8) is 0 Å². The zero-order valence-corrected chi connectivity index (χ0v) is 19.6. The number of hydrogen-bond acceptors (Lipinski definition) is 0. The molecule has 3 nitrogen and oxygen atoms in total. The average molecular weight is 439 g/mol. The Balaban J connectivity index is -0.000000113. The third-order valence-electron chi connectivity index (χ3n) is 2.78. The second-order valence-electron chi connectivity index (χ2n) is 5.45. The smallest absolute Gasteiger partial charge is 0.675 e. The normalized spacial score (nSPS) is 12.8. The van der Waals surface area contributed by atoms with E-state index in [0.717, 1.165) is 19.3 Å². The van der Waals surface area contributed by atoms with Crippen LogP contribution in [0.2, 0.25) is 0 Å². The quantitative estimate of drug-likeness (QED) is 0.301. The molecule has 3 atom stereocenters. The van der Waals surface area contributed by atoms with Gasteiger partial charge in [0.2, 0.25) is 0 Å². The van der Waals surface area contributed by atoms with Gasteiger partial charge in [-0.2, -0.15) is 12.1 Å². The second-order valence-corrected chi connectivity index (χ2v) is 6.71. The fourth-order valence-electron chi connectivity index (χ4n) is 0.534. The summed E-state index contributed by atoms with van der Waals surface area (Å²) in [4.78, 5) is 0. The number of rotatable bonds is 4. The molecule has 0 spiro atoms. The molecule has 0 aromatic heterocycles. The van der Waals surface area contributed by atoms with Crippen molar-refractivity contribution < 1.29 is 34.4 Å². The SMILES string of the molecule is CCC(C)[NH-].CCC(C)[NH-].CCC(C)[NH-].F[SiH](F)[c-]1cccc1.[Zr+4]. The predicted molar refractivity (Wildman–Crippen MR) is 103 cm³/mol. The maximum Gasteiger partial charge on any atom is 4.00 e. The topological polar surface area (TPSA) is 71.4 Å². The van der Waals surface area contributed by atoms with Gasteiger partial charge in [-0.1, -0.05) is 60.8 Å². The van der Waals surface area contributed by atoms with Crippen molar-refractivity contribution in [1.29, 1.82) is 0 Å². The molecule has 0 amide bonds. The summed E-state index contributed by atoms with van der Waals surface area (Å²) in [7, 11) is -3.48. The van der Waals surface area contributed by atoms with E-state index in [1.54, 1.807) is 12.1 Å². The standard InChI is InChI=1S/C5H5F2Si.3C4H10N.Zr/c6-8(7)5-3-1-2-4-5;3*1-3-4(2)5;/h1-4,8H;3*4-5H,3H2,1-2H3;/q4*-1;+4. The molecule has 24 heavy (non-hydrogen) atoms. The first kappa shape index (κ1) is 31.9. The summed E-state index contributed by atoms with van der Waals surface area (Å²) in [5.74, 6) is 0. The van der Waals surface area contributed by atoms with E-state index in [2.05, 4.69) is 0 Å². The fourth-order valence-corrected chi connectivity index (χ4v) is 1.05. The van der Waals surface area contributed by atoms with Gasteiger partial charge in [0.05, 0.1) is 0 Å². The largest absolute Gasteiger partial charge is 4.00 e. The molecule has 0 aliphatic carbocycles. The van der Waals surface area contributed by atoms with Gasteiger partial charge in [0, 0.05) is 0 Å². The van der Waals surface area contributed by atoms with E-state index in [4.69, 9.17) is 17.2 Å². The molecule has 0 saturated carbocycles. The van der Waals surface area contributed by atoms with Crippen molar-refractivity contribution in [2.24, 2.45) is 0 Å². The van der Waals surface area contributed by atoms with Crippen molar-refractivity contribution in [2.75, 3.05) is 0 Å². The number of halogens is 2. The summed E-state index contributed by atoms with van der Waals surface area (Å²) < 4.78 is 23.5. The van der Waals surface area contributed by atoms with E-state index in [9.17, 15) is 8.22 Å². The van der Waals surface area contributed by atoms with Crippen LogP contribution in [0.15, 0.2) is 24.3 Å². The van der Waals surface area contributed by atoms with Crippen molar-refractivity contribution in [2.45, 2.75) is 78.9 Å². The Morgan fingerprint density at radius 2 is 1.00 bits per heavy atom. The van der Waals surface area contributed by atoms with Crippen LogP contribution in [-0.4, -0.2) is 27.6 Å². The molecule has 1 aromatic rings. The third-order valence-corrected chi connectivity index (χ3v) is 3.67. The van der Waals surface area contributed by atoms with E-state index in [1.165, 1.54) is 12.1 Å². The summed E-state index contributed by atoms with van der Waals surface area (Å²) in [6.45, 7) is 11.7. The van der Waals surface area contributed by atoms with E-state index < -0.39 is 9.46 Å². The van der Waals surface area contributed by atoms with Crippen LogP contribution in [0.25, 0.3) is 17.2 Å². The molecule has 3 unspecified atom stereocenters. The van der Waals surface area contributed by atoms with E-state index in [-0.39, 0.29) is 49.5 Å². The molecular formula is C17H35F2N3SiZr. The molecule has 0 bridgehead atoms. The molecule has 140 valence electrons. The molecule has 1 rings (SSSR count). The molecule has 3 N–H and O–H groups in total. The van der Waals surface area contributed by atoms with Crippen molar-refractivity contribution in [3.05, 3.63) is 41.5 Å². The first-order valence-electron chi connectivity index (χ1n) is 8.25. The second kappa shape index (κ2) is 23.2. The Labute approximate surface area is 169 Å². The van der Waals surface area contributed by atoms with Gasteiger partial charge in [0.25, 0.3) is 0 Å². The predicted octanol–water partition coefficient (Wildman–Crippen LogP) is 6.28. The van der Waals surface area contributed by atoms with Crippen LogP contribution in [0.4, 0.5) is 8.22 Å². The Kier molecular flexibility index (Phi) is 30.8. The van der Waals surface area contributed by atoms with Gasteiger partial charge in [0.15, 0.2) is 0 Å². The van der Waals surface area contributed by atoms with Gasteiger partial charge in [-0.15, -0.1) is 23.3 Å². The zero-order chi connectivity index (χ0) is 18.8. The average Bonchev–Trinajstić information content (AvgIpc) is 3.03. The molecule has 0 fully saturated rings. The molecule has 0 aliphatic rings. The minimum absolute atomic E-state index is 0. The van der Waals surface area contributed by atoms with Gasteiger partial charge in [-0.3, -0.25) is 8.22 Å². The molecule has 0 saturated heterocycles. The van der Waals surface area contributed by atoms with Crippen LogP contribution in [0.3, 0.4) is 0 Å². The number of hydrogen-bond donors (Lipinski definition) is 0. The van der Waals surface area contributed by atoms with Crippen LogP contribution in [-0.2, 0) is 26.2 Å². The molecule has 0 heterocycles. The van der Waals surface area contributed by atoms with Crippen LogP contribution < -0.4 is 5.19 Å². The Morgan fingerprint density at radius 3 is 1.08 bits per heavy atom. The van der Waals surface area contributed by atoms with Gasteiger partial charge in [-0.05, 0) is 0 Å². The Bertz CT molecular complexity index is 290. The summed E-state index contributed by atoms with van der Waals surface area (Å²) in [5.41, 5.74) is 20.5. The summed E-state index contributed by atoms with van der Waals surface area (Å²) >= 11 is 0. The maximum absolute atomic E-state index is 11.7. The molecule has 0 radical (unpaired) electrons. The third kappa shape index (κ3) is 33.7. The Morgan fingerprint density at radius 1 is 0.792 bits per heavy atom. The monoisotopic (exact) mass is 437 g/mol. The number of nitrogens with one attached hydrogen (secondary N) is 3. The van der Waals surface area contributed by atoms with Crippen LogP contribution in [0.5, 0.6) is 0 Å². The summed E-state index contributed by atoms with van der Waals surface area (Å²) in [6.07, 6.45) is 2.92. The van der Waals surface area contributed by atoms with E-state index in [1.807, 2.05) is 41.5 Å². The van der Waals surface area contributed by atoms with Crippen molar-refractivity contribution in [3.8, 4) is 0 Å². The van der Waals surface area contributed by atoms with Crippen LogP contribution in [0.1, 0.15) is 60.8 Å². The summed E-state index contributed by atoms with van der Waals surface area (Å²) in [6, 6.07) is 6.61. The first-order valence-corrected chi connectivity index (χ1v) is 9.70. The minimum atomic E-state index is -3.48. The molecule has 1 aromatic carbocycles. The summed E-state index contributed by atoms with van der Waals surface area (Å²) in [5, 5.41) is 0.241. The van der Waals surface area contributed by atoms with Crippen LogP contribution in [0, 0.1) is 0 Å². The zero-order valence-electron chi connectivity index (χ0n) is 16.0. The first-order chi connectivity index (χ1) is 10.6. The maximum atomic E-state index is 11.7. The fraction of sp³-hybridized carbons (Fsp3) is 0.706.